The molecule has 1 N–H and O–H groups in total. The molecule has 30 heavy (non-hydrogen) atoms. The molecule has 1 fully saturated rings. The van der Waals surface area contributed by atoms with Gasteiger partial charge in [0, 0.05) is 29.8 Å². The summed E-state index contributed by atoms with van der Waals surface area (Å²) in [6, 6.07) is 20.8. The van der Waals surface area contributed by atoms with Gasteiger partial charge >= 0.3 is 0 Å². The van der Waals surface area contributed by atoms with Crippen molar-refractivity contribution in [1.82, 2.24) is 0 Å². The van der Waals surface area contributed by atoms with E-state index in [4.69, 9.17) is 4.74 Å². The Bertz CT molecular complexity index is 1070. The van der Waals surface area contributed by atoms with Crippen molar-refractivity contribution in [1.29, 1.82) is 0 Å². The summed E-state index contributed by atoms with van der Waals surface area (Å²) < 4.78 is 20.3. The largest absolute Gasteiger partial charge is 0.489 e. The van der Waals surface area contributed by atoms with Gasteiger partial charge in [0.1, 0.15) is 18.2 Å². The van der Waals surface area contributed by atoms with Crippen LogP contribution in [0.5, 0.6) is 5.75 Å². The molecule has 152 valence electrons. The quantitative estimate of drug-likeness (QED) is 0.643. The van der Waals surface area contributed by atoms with Crippen molar-refractivity contribution in [3.8, 4) is 5.75 Å². The van der Waals surface area contributed by atoms with Gasteiger partial charge in [0.25, 0.3) is 5.91 Å². The van der Waals surface area contributed by atoms with Crippen LogP contribution in [-0.2, 0) is 11.4 Å². The molecule has 1 heterocycles. The first-order valence-corrected chi connectivity index (χ1v) is 9.79. The summed E-state index contributed by atoms with van der Waals surface area (Å²) in [5.41, 5.74) is 1.74. The Morgan fingerprint density at radius 1 is 1.03 bits per heavy atom. The maximum atomic E-state index is 14.6. The highest BCUT2D eigenvalue weighted by Gasteiger charge is 2.24. The van der Waals surface area contributed by atoms with Crippen molar-refractivity contribution in [2.75, 3.05) is 16.8 Å². The van der Waals surface area contributed by atoms with Crippen LogP contribution in [0.4, 0.5) is 15.8 Å². The van der Waals surface area contributed by atoms with Crippen LogP contribution in [0, 0.1) is 5.82 Å². The lowest BCUT2D eigenvalue weighted by atomic mass is 10.1. The molecule has 0 aliphatic carbocycles. The number of amides is 2. The molecule has 6 heteroatoms. The summed E-state index contributed by atoms with van der Waals surface area (Å²) in [5, 5.41) is 2.73. The maximum absolute atomic E-state index is 14.6. The van der Waals surface area contributed by atoms with Gasteiger partial charge in [-0.25, -0.2) is 4.39 Å². The number of benzene rings is 3. The Labute approximate surface area is 174 Å². The van der Waals surface area contributed by atoms with Crippen LogP contribution in [-0.4, -0.2) is 18.4 Å². The molecule has 3 aromatic rings. The van der Waals surface area contributed by atoms with Crippen LogP contribution in [0.1, 0.15) is 28.8 Å². The van der Waals surface area contributed by atoms with Gasteiger partial charge in [0.05, 0.1) is 5.69 Å². The molecule has 3 aromatic carbocycles. The zero-order valence-corrected chi connectivity index (χ0v) is 16.3. The second-order valence-electron chi connectivity index (χ2n) is 7.03. The van der Waals surface area contributed by atoms with E-state index in [1.807, 2.05) is 42.5 Å². The number of ether oxygens (including phenoxy) is 1. The van der Waals surface area contributed by atoms with E-state index in [1.165, 1.54) is 17.0 Å². The van der Waals surface area contributed by atoms with E-state index in [0.717, 1.165) is 12.0 Å². The highest BCUT2D eigenvalue weighted by molar-refractivity contribution is 6.05. The van der Waals surface area contributed by atoms with Crippen molar-refractivity contribution in [2.24, 2.45) is 0 Å². The number of halogens is 1. The fourth-order valence-corrected chi connectivity index (χ4v) is 3.45. The average molecular weight is 404 g/mol. The van der Waals surface area contributed by atoms with E-state index < -0.39 is 5.82 Å². The van der Waals surface area contributed by atoms with Crippen LogP contribution >= 0.6 is 0 Å². The SMILES string of the molecule is O=C(Nc1ccc(N2CCCC2=O)c(F)c1)c1ccccc1COc1ccccc1. The Balaban J connectivity index is 1.47. The Hall–Kier alpha value is -3.67. The normalized spacial score (nSPS) is 13.4. The molecule has 1 aliphatic rings. The second kappa shape index (κ2) is 8.78. The van der Waals surface area contributed by atoms with E-state index in [-0.39, 0.29) is 24.1 Å². The molecule has 0 spiro atoms. The molecule has 0 atom stereocenters. The summed E-state index contributed by atoms with van der Waals surface area (Å²) >= 11 is 0. The smallest absolute Gasteiger partial charge is 0.256 e. The third-order valence-electron chi connectivity index (χ3n) is 4.97. The third-order valence-corrected chi connectivity index (χ3v) is 4.97. The molecular formula is C24H21FN2O3. The second-order valence-corrected chi connectivity index (χ2v) is 7.03. The fraction of sp³-hybridized carbons (Fsp3) is 0.167. The number of nitrogens with one attached hydrogen (secondary N) is 1. The number of carbonyl (C=O) groups is 2. The molecule has 1 saturated heterocycles. The van der Waals surface area contributed by atoms with Crippen LogP contribution in [0.2, 0.25) is 0 Å². The van der Waals surface area contributed by atoms with Crippen LogP contribution in [0.3, 0.4) is 0 Å². The minimum atomic E-state index is -0.538. The molecule has 0 bridgehead atoms. The summed E-state index contributed by atoms with van der Waals surface area (Å²) in [7, 11) is 0. The van der Waals surface area contributed by atoms with Crippen LogP contribution < -0.4 is 15.0 Å². The molecule has 2 amide bonds. The van der Waals surface area contributed by atoms with E-state index >= 15 is 0 Å². The number of hydrogen-bond acceptors (Lipinski definition) is 3. The molecule has 0 saturated carbocycles. The van der Waals surface area contributed by atoms with Crippen molar-refractivity contribution in [2.45, 2.75) is 19.4 Å². The van der Waals surface area contributed by atoms with Gasteiger partial charge in [0.2, 0.25) is 5.91 Å². The van der Waals surface area contributed by atoms with Gasteiger partial charge in [-0.3, -0.25) is 9.59 Å². The van der Waals surface area contributed by atoms with Crippen molar-refractivity contribution >= 4 is 23.2 Å². The summed E-state index contributed by atoms with van der Waals surface area (Å²) in [5.74, 6) is -0.268. The van der Waals surface area contributed by atoms with Crippen LogP contribution in [0.15, 0.2) is 72.8 Å². The van der Waals surface area contributed by atoms with E-state index in [2.05, 4.69) is 5.32 Å². The number of nitrogens with zero attached hydrogens (tertiary/aromatic N) is 1. The predicted molar refractivity (Wildman–Crippen MR) is 113 cm³/mol. The molecule has 4 rings (SSSR count). The fourth-order valence-electron chi connectivity index (χ4n) is 3.45. The van der Waals surface area contributed by atoms with E-state index in [1.54, 1.807) is 18.2 Å². The first kappa shape index (κ1) is 19.6. The Morgan fingerprint density at radius 3 is 2.53 bits per heavy atom. The van der Waals surface area contributed by atoms with E-state index in [0.29, 0.717) is 30.0 Å². The van der Waals surface area contributed by atoms with E-state index in [9.17, 15) is 14.0 Å². The van der Waals surface area contributed by atoms with Gasteiger partial charge in [0.15, 0.2) is 0 Å². The zero-order valence-electron chi connectivity index (χ0n) is 16.3. The highest BCUT2D eigenvalue weighted by atomic mass is 19.1. The van der Waals surface area contributed by atoms with Gasteiger partial charge < -0.3 is 15.0 Å². The monoisotopic (exact) mass is 404 g/mol. The van der Waals surface area contributed by atoms with Gasteiger partial charge in [-0.2, -0.15) is 0 Å². The third kappa shape index (κ3) is 4.33. The molecule has 0 unspecified atom stereocenters. The van der Waals surface area contributed by atoms with Crippen LogP contribution in [0.25, 0.3) is 0 Å². The lowest BCUT2D eigenvalue weighted by Gasteiger charge is -2.17. The lowest BCUT2D eigenvalue weighted by Crippen LogP contribution is -2.24. The van der Waals surface area contributed by atoms with Gasteiger partial charge in [-0.05, 0) is 42.8 Å². The Morgan fingerprint density at radius 2 is 1.80 bits per heavy atom. The number of carbonyl (C=O) groups excluding carboxylic acids is 2. The Kier molecular flexibility index (Phi) is 5.75. The number of anilines is 2. The van der Waals surface area contributed by atoms with Crippen molar-refractivity contribution < 1.29 is 18.7 Å². The molecule has 0 aromatic heterocycles. The van der Waals surface area contributed by atoms with Crippen molar-refractivity contribution in [3.05, 3.63) is 89.7 Å². The standard InChI is InChI=1S/C24H21FN2O3/c25-21-15-18(12-13-22(21)27-14-6-11-23(27)28)26-24(29)20-10-5-4-7-17(20)16-30-19-8-2-1-3-9-19/h1-5,7-10,12-13,15H,6,11,14,16H2,(H,26,29). The topological polar surface area (TPSA) is 58.6 Å². The summed E-state index contributed by atoms with van der Waals surface area (Å²) in [4.78, 5) is 26.1. The van der Waals surface area contributed by atoms with Gasteiger partial charge in [-0.1, -0.05) is 36.4 Å². The first-order valence-electron chi connectivity index (χ1n) is 9.79. The zero-order chi connectivity index (χ0) is 20.9. The lowest BCUT2D eigenvalue weighted by molar-refractivity contribution is -0.117. The summed E-state index contributed by atoms with van der Waals surface area (Å²) in [6.45, 7) is 0.744. The molecule has 0 radical (unpaired) electrons. The minimum Gasteiger partial charge on any atom is -0.489 e. The van der Waals surface area contributed by atoms with Crippen molar-refractivity contribution in [3.63, 3.8) is 0 Å². The molecule has 5 nitrogen and oxygen atoms in total. The first-order chi connectivity index (χ1) is 14.6. The molecular weight excluding hydrogens is 383 g/mol. The molecule has 1 aliphatic heterocycles. The number of rotatable bonds is 6. The number of para-hydroxylation sites is 1. The van der Waals surface area contributed by atoms with Gasteiger partial charge in [-0.15, -0.1) is 0 Å². The number of hydrogen-bond donors (Lipinski definition) is 1. The highest BCUT2D eigenvalue weighted by Crippen LogP contribution is 2.27. The maximum Gasteiger partial charge on any atom is 0.256 e. The average Bonchev–Trinajstić information content (AvgIpc) is 3.19. The predicted octanol–water partition coefficient (Wildman–Crippen LogP) is 4.78. The summed E-state index contributed by atoms with van der Waals surface area (Å²) in [6.07, 6.45) is 1.15. The minimum absolute atomic E-state index is 0.0852.